The van der Waals surface area contributed by atoms with Crippen LogP contribution in [0, 0.1) is 27.7 Å². The molecular formula is C22H29N3O3S. The van der Waals surface area contributed by atoms with Crippen molar-refractivity contribution in [2.24, 2.45) is 0 Å². The first-order valence-corrected chi connectivity index (χ1v) is 11.2. The van der Waals surface area contributed by atoms with E-state index in [2.05, 4.69) is 17.4 Å². The fourth-order valence-corrected chi connectivity index (χ4v) is 5.22. The van der Waals surface area contributed by atoms with E-state index in [9.17, 15) is 13.2 Å². The number of benzene rings is 2. The van der Waals surface area contributed by atoms with Gasteiger partial charge in [0.2, 0.25) is 5.91 Å². The van der Waals surface area contributed by atoms with E-state index in [1.165, 1.54) is 14.2 Å². The van der Waals surface area contributed by atoms with Gasteiger partial charge in [0.05, 0.1) is 6.54 Å². The number of rotatable bonds is 6. The number of carbonyl (C=O) groups excluding carboxylic acids is 1. The summed E-state index contributed by atoms with van der Waals surface area (Å²) in [6.45, 7) is 9.34. The maximum absolute atomic E-state index is 12.9. The van der Waals surface area contributed by atoms with E-state index in [0.717, 1.165) is 27.8 Å². The van der Waals surface area contributed by atoms with Crippen LogP contribution in [0.5, 0.6) is 0 Å². The van der Waals surface area contributed by atoms with Crippen molar-refractivity contribution in [3.05, 3.63) is 69.8 Å². The van der Waals surface area contributed by atoms with Gasteiger partial charge in [0.25, 0.3) is 10.2 Å². The summed E-state index contributed by atoms with van der Waals surface area (Å²) in [5.41, 5.74) is 6.52. The zero-order valence-electron chi connectivity index (χ0n) is 17.5. The van der Waals surface area contributed by atoms with Crippen molar-refractivity contribution in [2.75, 3.05) is 19.6 Å². The van der Waals surface area contributed by atoms with Crippen LogP contribution in [0.15, 0.2) is 36.4 Å². The van der Waals surface area contributed by atoms with Gasteiger partial charge in [-0.15, -0.1) is 0 Å². The van der Waals surface area contributed by atoms with Crippen LogP contribution in [0.25, 0.3) is 0 Å². The van der Waals surface area contributed by atoms with Gasteiger partial charge in [-0.1, -0.05) is 47.5 Å². The monoisotopic (exact) mass is 415 g/mol. The average Bonchev–Trinajstić information content (AvgIpc) is 2.91. The molecule has 1 aliphatic rings. The molecule has 0 spiro atoms. The second-order valence-electron chi connectivity index (χ2n) is 7.81. The summed E-state index contributed by atoms with van der Waals surface area (Å²) >= 11 is 0. The molecule has 1 aliphatic heterocycles. The molecule has 1 amide bonds. The maximum atomic E-state index is 12.9. The van der Waals surface area contributed by atoms with Gasteiger partial charge in [0, 0.05) is 26.2 Å². The highest BCUT2D eigenvalue weighted by molar-refractivity contribution is 7.87. The molecule has 0 unspecified atom stereocenters. The third-order valence-electron chi connectivity index (χ3n) is 5.36. The Morgan fingerprint density at radius 3 is 2.14 bits per heavy atom. The Hall–Kier alpha value is -2.22. The molecule has 0 radical (unpaired) electrons. The van der Waals surface area contributed by atoms with Crippen molar-refractivity contribution in [2.45, 2.75) is 40.8 Å². The lowest BCUT2D eigenvalue weighted by Crippen LogP contribution is -2.40. The SMILES string of the molecule is Cc1ccc(CNC(=O)CN2CCN(Cc3c(C)cc(C)cc3C)S2(=O)=O)cc1. The molecule has 156 valence electrons. The second kappa shape index (κ2) is 8.65. The smallest absolute Gasteiger partial charge is 0.282 e. The van der Waals surface area contributed by atoms with E-state index >= 15 is 0 Å². The summed E-state index contributed by atoms with van der Waals surface area (Å²) in [6.07, 6.45) is 0. The van der Waals surface area contributed by atoms with Gasteiger partial charge in [-0.25, -0.2) is 0 Å². The normalized spacial score (nSPS) is 16.8. The number of aryl methyl sites for hydroxylation is 4. The van der Waals surface area contributed by atoms with Gasteiger partial charge < -0.3 is 5.32 Å². The minimum atomic E-state index is -3.65. The van der Waals surface area contributed by atoms with Crippen LogP contribution in [0.3, 0.4) is 0 Å². The Bertz CT molecular complexity index is 977. The Morgan fingerprint density at radius 2 is 1.52 bits per heavy atom. The summed E-state index contributed by atoms with van der Waals surface area (Å²) in [7, 11) is -3.65. The standard InChI is InChI=1S/C22H29N3O3S/c1-16-5-7-20(8-6-16)13-23-22(26)15-25-10-9-24(29(25,27)28)14-21-18(3)11-17(2)12-19(21)4/h5-8,11-12H,9-10,13-15H2,1-4H3,(H,23,26). The quantitative estimate of drug-likeness (QED) is 0.788. The van der Waals surface area contributed by atoms with E-state index in [0.29, 0.717) is 26.2 Å². The van der Waals surface area contributed by atoms with Gasteiger partial charge in [-0.05, 0) is 49.9 Å². The van der Waals surface area contributed by atoms with E-state index in [-0.39, 0.29) is 12.5 Å². The fraction of sp³-hybridized carbons (Fsp3) is 0.409. The van der Waals surface area contributed by atoms with Crippen LogP contribution >= 0.6 is 0 Å². The third-order valence-corrected chi connectivity index (χ3v) is 7.28. The lowest BCUT2D eigenvalue weighted by Gasteiger charge is -2.20. The zero-order valence-corrected chi connectivity index (χ0v) is 18.3. The van der Waals surface area contributed by atoms with E-state index in [1.807, 2.05) is 52.0 Å². The lowest BCUT2D eigenvalue weighted by atomic mass is 10.00. The molecule has 2 aromatic rings. The zero-order chi connectivity index (χ0) is 21.2. The van der Waals surface area contributed by atoms with Gasteiger partial charge in [-0.3, -0.25) is 4.79 Å². The summed E-state index contributed by atoms with van der Waals surface area (Å²) in [6, 6.07) is 12.0. The van der Waals surface area contributed by atoms with Crippen molar-refractivity contribution in [1.29, 1.82) is 0 Å². The number of hydrogen-bond donors (Lipinski definition) is 1. The van der Waals surface area contributed by atoms with Crippen molar-refractivity contribution >= 4 is 16.1 Å². The molecule has 0 bridgehead atoms. The van der Waals surface area contributed by atoms with Crippen molar-refractivity contribution in [1.82, 2.24) is 13.9 Å². The Morgan fingerprint density at radius 1 is 0.931 bits per heavy atom. The Labute approximate surface area is 173 Å². The second-order valence-corrected chi connectivity index (χ2v) is 9.74. The molecule has 0 aromatic heterocycles. The predicted molar refractivity (Wildman–Crippen MR) is 115 cm³/mol. The molecule has 6 nitrogen and oxygen atoms in total. The van der Waals surface area contributed by atoms with E-state index in [1.54, 1.807) is 0 Å². The van der Waals surface area contributed by atoms with Crippen LogP contribution in [0.4, 0.5) is 0 Å². The third kappa shape index (κ3) is 5.04. The molecular weight excluding hydrogens is 386 g/mol. The van der Waals surface area contributed by atoms with Gasteiger partial charge in [0.15, 0.2) is 0 Å². The molecule has 1 saturated heterocycles. The summed E-state index contributed by atoms with van der Waals surface area (Å²) in [5.74, 6) is -0.293. The molecule has 0 saturated carbocycles. The number of carbonyl (C=O) groups is 1. The molecule has 7 heteroatoms. The summed E-state index contributed by atoms with van der Waals surface area (Å²) < 4.78 is 28.5. The Kier molecular flexibility index (Phi) is 6.41. The largest absolute Gasteiger partial charge is 0.351 e. The highest BCUT2D eigenvalue weighted by Crippen LogP contribution is 2.24. The van der Waals surface area contributed by atoms with E-state index in [4.69, 9.17) is 0 Å². The van der Waals surface area contributed by atoms with Crippen molar-refractivity contribution in [3.63, 3.8) is 0 Å². The van der Waals surface area contributed by atoms with Crippen LogP contribution in [0.1, 0.15) is 33.4 Å². The topological polar surface area (TPSA) is 69.7 Å². The van der Waals surface area contributed by atoms with Crippen LogP contribution < -0.4 is 5.32 Å². The molecule has 3 rings (SSSR count). The number of amides is 1. The summed E-state index contributed by atoms with van der Waals surface area (Å²) in [5, 5.41) is 2.81. The molecule has 29 heavy (non-hydrogen) atoms. The highest BCUT2D eigenvalue weighted by Gasteiger charge is 2.37. The molecule has 2 aromatic carbocycles. The minimum absolute atomic E-state index is 0.156. The van der Waals surface area contributed by atoms with E-state index < -0.39 is 10.2 Å². The number of nitrogens with zero attached hydrogens (tertiary/aromatic N) is 2. The van der Waals surface area contributed by atoms with Crippen LogP contribution in [-0.4, -0.2) is 42.6 Å². The first-order valence-electron chi connectivity index (χ1n) is 9.81. The predicted octanol–water partition coefficient (Wildman–Crippen LogP) is 2.60. The lowest BCUT2D eigenvalue weighted by molar-refractivity contribution is -0.121. The molecule has 1 N–H and O–H groups in total. The molecule has 0 aliphatic carbocycles. The van der Waals surface area contributed by atoms with Gasteiger partial charge in [-0.2, -0.15) is 17.0 Å². The average molecular weight is 416 g/mol. The minimum Gasteiger partial charge on any atom is -0.351 e. The Balaban J connectivity index is 1.61. The maximum Gasteiger partial charge on any atom is 0.282 e. The highest BCUT2D eigenvalue weighted by atomic mass is 32.2. The molecule has 0 atom stereocenters. The van der Waals surface area contributed by atoms with Crippen LogP contribution in [0.2, 0.25) is 0 Å². The fourth-order valence-electron chi connectivity index (χ4n) is 3.70. The van der Waals surface area contributed by atoms with Crippen molar-refractivity contribution in [3.8, 4) is 0 Å². The van der Waals surface area contributed by atoms with Gasteiger partial charge in [0.1, 0.15) is 0 Å². The first kappa shape index (κ1) is 21.5. The molecule has 1 fully saturated rings. The van der Waals surface area contributed by atoms with Crippen molar-refractivity contribution < 1.29 is 13.2 Å². The summed E-state index contributed by atoms with van der Waals surface area (Å²) in [4.78, 5) is 12.3. The first-order chi connectivity index (χ1) is 13.7. The van der Waals surface area contributed by atoms with Gasteiger partial charge >= 0.3 is 0 Å². The number of nitrogens with one attached hydrogen (secondary N) is 1. The van der Waals surface area contributed by atoms with Crippen LogP contribution in [-0.2, 0) is 28.1 Å². The molecule has 1 heterocycles. The number of hydrogen-bond acceptors (Lipinski definition) is 3.